The normalized spacial score (nSPS) is 18.9. The summed E-state index contributed by atoms with van der Waals surface area (Å²) in [6, 6.07) is -0.656. The van der Waals surface area contributed by atoms with Gasteiger partial charge in [-0.25, -0.2) is 4.79 Å². The minimum absolute atomic E-state index is 0.0633. The van der Waals surface area contributed by atoms with Gasteiger partial charge in [-0.05, 0) is 40.3 Å². The average molecular weight is 257 g/mol. The number of hydrogen-bond acceptors (Lipinski definition) is 3. The molecule has 0 radical (unpaired) electrons. The zero-order valence-electron chi connectivity index (χ0n) is 11.3. The second-order valence-electron chi connectivity index (χ2n) is 5.30. The number of likely N-dealkylation sites (N-methyl/N-ethyl adjacent to an activating group) is 1. The van der Waals surface area contributed by atoms with Gasteiger partial charge in [-0.1, -0.05) is 0 Å². The minimum Gasteiger partial charge on any atom is -0.481 e. The highest BCUT2D eigenvalue weighted by atomic mass is 16.4. The van der Waals surface area contributed by atoms with E-state index in [1.807, 2.05) is 14.1 Å². The van der Waals surface area contributed by atoms with Gasteiger partial charge in [-0.15, -0.1) is 0 Å². The van der Waals surface area contributed by atoms with Crippen LogP contribution >= 0.6 is 0 Å². The van der Waals surface area contributed by atoms with Crippen molar-refractivity contribution in [1.82, 2.24) is 15.5 Å². The van der Waals surface area contributed by atoms with E-state index in [-0.39, 0.29) is 24.0 Å². The van der Waals surface area contributed by atoms with Gasteiger partial charge in [-0.2, -0.15) is 0 Å². The standard InChI is InChI=1S/C12H23N3O3/c1-9(7-10(16)17)14-11(18)13-8-12(15(2)3)5-4-6-12/h9H,4-8H2,1-3H3,(H,16,17)(H2,13,14,18). The maximum absolute atomic E-state index is 11.6. The zero-order valence-corrected chi connectivity index (χ0v) is 11.3. The highest BCUT2D eigenvalue weighted by molar-refractivity contribution is 5.75. The van der Waals surface area contributed by atoms with Crippen LogP contribution in [0.2, 0.25) is 0 Å². The SMILES string of the molecule is CC(CC(=O)O)NC(=O)NCC1(N(C)C)CCC1. The lowest BCUT2D eigenvalue weighted by molar-refractivity contribution is -0.137. The molecule has 3 N–H and O–H groups in total. The van der Waals surface area contributed by atoms with Crippen LogP contribution in [0.3, 0.4) is 0 Å². The fraction of sp³-hybridized carbons (Fsp3) is 0.833. The van der Waals surface area contributed by atoms with Crippen molar-refractivity contribution in [2.24, 2.45) is 0 Å². The molecule has 0 spiro atoms. The molecule has 1 aliphatic rings. The van der Waals surface area contributed by atoms with Crippen LogP contribution < -0.4 is 10.6 Å². The van der Waals surface area contributed by atoms with Gasteiger partial charge < -0.3 is 20.6 Å². The summed E-state index contributed by atoms with van der Waals surface area (Å²) in [6.45, 7) is 2.28. The number of amides is 2. The number of carbonyl (C=O) groups excluding carboxylic acids is 1. The minimum atomic E-state index is -0.911. The molecule has 1 fully saturated rings. The molecule has 6 nitrogen and oxygen atoms in total. The van der Waals surface area contributed by atoms with Gasteiger partial charge in [-0.3, -0.25) is 4.79 Å². The van der Waals surface area contributed by atoms with Crippen LogP contribution in [0.25, 0.3) is 0 Å². The van der Waals surface area contributed by atoms with Crippen molar-refractivity contribution in [2.75, 3.05) is 20.6 Å². The first-order valence-electron chi connectivity index (χ1n) is 6.29. The van der Waals surface area contributed by atoms with E-state index in [0.29, 0.717) is 6.54 Å². The summed E-state index contributed by atoms with van der Waals surface area (Å²) in [7, 11) is 4.04. The monoisotopic (exact) mass is 257 g/mol. The van der Waals surface area contributed by atoms with Crippen molar-refractivity contribution in [2.45, 2.75) is 44.2 Å². The van der Waals surface area contributed by atoms with E-state index < -0.39 is 5.97 Å². The predicted octanol–water partition coefficient (Wildman–Crippen LogP) is 0.633. The first kappa shape index (κ1) is 14.8. The van der Waals surface area contributed by atoms with E-state index in [1.165, 1.54) is 6.42 Å². The van der Waals surface area contributed by atoms with E-state index in [0.717, 1.165) is 12.8 Å². The quantitative estimate of drug-likeness (QED) is 0.652. The summed E-state index contributed by atoms with van der Waals surface area (Å²) in [5.41, 5.74) is 0.0768. The molecule has 0 heterocycles. The molecule has 18 heavy (non-hydrogen) atoms. The Morgan fingerprint density at radius 1 is 1.39 bits per heavy atom. The lowest BCUT2D eigenvalue weighted by Crippen LogP contribution is -2.58. The van der Waals surface area contributed by atoms with Crippen LogP contribution in [0.15, 0.2) is 0 Å². The maximum atomic E-state index is 11.6. The van der Waals surface area contributed by atoms with Crippen molar-refractivity contribution in [1.29, 1.82) is 0 Å². The molecule has 0 bridgehead atoms. The zero-order chi connectivity index (χ0) is 13.8. The second-order valence-corrected chi connectivity index (χ2v) is 5.30. The van der Waals surface area contributed by atoms with Crippen LogP contribution in [0, 0.1) is 0 Å². The molecule has 104 valence electrons. The van der Waals surface area contributed by atoms with Crippen molar-refractivity contribution in [3.05, 3.63) is 0 Å². The van der Waals surface area contributed by atoms with Gasteiger partial charge in [0.25, 0.3) is 0 Å². The Morgan fingerprint density at radius 3 is 2.39 bits per heavy atom. The van der Waals surface area contributed by atoms with E-state index in [2.05, 4.69) is 15.5 Å². The summed E-state index contributed by atoms with van der Waals surface area (Å²) in [6.07, 6.45) is 3.30. The Kier molecular flexibility index (Phi) is 4.95. The molecule has 0 aromatic rings. The molecule has 1 rings (SSSR count). The van der Waals surface area contributed by atoms with Crippen LogP contribution in [0.1, 0.15) is 32.6 Å². The predicted molar refractivity (Wildman–Crippen MR) is 68.5 cm³/mol. The third-order valence-electron chi connectivity index (χ3n) is 3.67. The van der Waals surface area contributed by atoms with Crippen LogP contribution in [0.4, 0.5) is 4.79 Å². The average Bonchev–Trinajstić information content (AvgIpc) is 2.13. The number of carboxylic acids is 1. The molecule has 0 aromatic heterocycles. The largest absolute Gasteiger partial charge is 0.481 e. The van der Waals surface area contributed by atoms with Gasteiger partial charge in [0, 0.05) is 18.1 Å². The first-order chi connectivity index (χ1) is 8.35. The van der Waals surface area contributed by atoms with Crippen molar-refractivity contribution in [3.63, 3.8) is 0 Å². The lowest BCUT2D eigenvalue weighted by Gasteiger charge is -2.47. The number of carbonyl (C=O) groups is 2. The molecule has 1 atom stereocenters. The second kappa shape index (κ2) is 6.04. The number of rotatable bonds is 6. The number of nitrogens with zero attached hydrogens (tertiary/aromatic N) is 1. The summed E-state index contributed by atoms with van der Waals surface area (Å²) in [4.78, 5) is 24.2. The lowest BCUT2D eigenvalue weighted by atomic mass is 9.75. The van der Waals surface area contributed by atoms with Gasteiger partial charge in [0.2, 0.25) is 0 Å². The van der Waals surface area contributed by atoms with Crippen LogP contribution in [-0.2, 0) is 4.79 Å². The molecule has 1 aliphatic carbocycles. The molecular formula is C12H23N3O3. The molecule has 0 aromatic carbocycles. The molecule has 2 amide bonds. The summed E-state index contributed by atoms with van der Waals surface area (Å²) in [5, 5.41) is 14.0. The van der Waals surface area contributed by atoms with Gasteiger partial charge in [0.15, 0.2) is 0 Å². The molecular weight excluding hydrogens is 234 g/mol. The summed E-state index contributed by atoms with van der Waals surface area (Å²) in [5.74, 6) is -0.911. The maximum Gasteiger partial charge on any atom is 0.315 e. The fourth-order valence-corrected chi connectivity index (χ4v) is 2.20. The van der Waals surface area contributed by atoms with Crippen LogP contribution in [0.5, 0.6) is 0 Å². The third kappa shape index (κ3) is 3.87. The van der Waals surface area contributed by atoms with Crippen molar-refractivity contribution >= 4 is 12.0 Å². The molecule has 0 saturated heterocycles. The fourth-order valence-electron chi connectivity index (χ4n) is 2.20. The summed E-state index contributed by atoms with van der Waals surface area (Å²) < 4.78 is 0. The molecule has 1 unspecified atom stereocenters. The number of hydrogen-bond donors (Lipinski definition) is 3. The Morgan fingerprint density at radius 2 is 2.00 bits per heavy atom. The molecule has 6 heteroatoms. The third-order valence-corrected chi connectivity index (χ3v) is 3.67. The number of carboxylic acid groups (broad SMARTS) is 1. The highest BCUT2D eigenvalue weighted by Gasteiger charge is 2.39. The van der Waals surface area contributed by atoms with Gasteiger partial charge in [0.05, 0.1) is 6.42 Å². The highest BCUT2D eigenvalue weighted by Crippen LogP contribution is 2.35. The summed E-state index contributed by atoms with van der Waals surface area (Å²) >= 11 is 0. The Hall–Kier alpha value is -1.30. The Balaban J connectivity index is 2.30. The van der Waals surface area contributed by atoms with E-state index >= 15 is 0 Å². The van der Waals surface area contributed by atoms with Gasteiger partial charge in [0.1, 0.15) is 0 Å². The van der Waals surface area contributed by atoms with Crippen LogP contribution in [-0.4, -0.2) is 54.2 Å². The van der Waals surface area contributed by atoms with E-state index in [9.17, 15) is 9.59 Å². The number of aliphatic carboxylic acids is 1. The van der Waals surface area contributed by atoms with E-state index in [4.69, 9.17) is 5.11 Å². The number of urea groups is 1. The van der Waals surface area contributed by atoms with E-state index in [1.54, 1.807) is 6.92 Å². The van der Waals surface area contributed by atoms with Gasteiger partial charge >= 0.3 is 12.0 Å². The van der Waals surface area contributed by atoms with Crippen molar-refractivity contribution in [3.8, 4) is 0 Å². The number of nitrogens with one attached hydrogen (secondary N) is 2. The first-order valence-corrected chi connectivity index (χ1v) is 6.29. The molecule has 1 saturated carbocycles. The molecule has 0 aliphatic heterocycles. The topological polar surface area (TPSA) is 81.7 Å². The smallest absolute Gasteiger partial charge is 0.315 e. The van der Waals surface area contributed by atoms with Crippen molar-refractivity contribution < 1.29 is 14.7 Å². The Labute approximate surface area is 108 Å². The Bertz CT molecular complexity index is 314.